The van der Waals surface area contributed by atoms with Crippen molar-refractivity contribution in [3.8, 4) is 22.6 Å². The van der Waals surface area contributed by atoms with Crippen LogP contribution < -0.4 is 26.3 Å². The summed E-state index contributed by atoms with van der Waals surface area (Å²) in [6, 6.07) is 43.7. The molecule has 5 aromatic carbocycles. The maximum absolute atomic E-state index is 5.42. The van der Waals surface area contributed by atoms with Crippen LogP contribution in [0.2, 0.25) is 0 Å². The van der Waals surface area contributed by atoms with Gasteiger partial charge in [-0.1, -0.05) is 154 Å². The minimum Gasteiger partial charge on any atom is -0.327 e. The first-order valence-electron chi connectivity index (χ1n) is 17.8. The minimum atomic E-state index is 0.0158. The van der Waals surface area contributed by atoms with Crippen molar-refractivity contribution in [2.75, 3.05) is 16.6 Å². The van der Waals surface area contributed by atoms with E-state index in [1.54, 1.807) is 0 Å². The molecule has 0 N–H and O–H groups in total. The summed E-state index contributed by atoms with van der Waals surface area (Å²) < 4.78 is 2.29. The third-order valence-electron chi connectivity index (χ3n) is 10.2. The molecule has 0 amide bonds. The molecule has 0 unspecified atom stereocenters. The van der Waals surface area contributed by atoms with Crippen molar-refractivity contribution in [1.29, 1.82) is 0 Å². The molecule has 1 aromatic heterocycles. The van der Waals surface area contributed by atoms with E-state index in [4.69, 9.17) is 10.1 Å². The number of aryl methyl sites for hydroxylation is 3. The lowest BCUT2D eigenvalue weighted by Gasteiger charge is -2.23. The largest absolute Gasteiger partial charge is 0.327 e. The van der Waals surface area contributed by atoms with Crippen molar-refractivity contribution in [3.63, 3.8) is 0 Å². The Morgan fingerprint density at radius 1 is 0.686 bits per heavy atom. The maximum atomic E-state index is 5.42. The molecule has 5 nitrogen and oxygen atoms in total. The Kier molecular flexibility index (Phi) is 8.75. The summed E-state index contributed by atoms with van der Waals surface area (Å²) in [5.41, 5.74) is 14.5. The number of rotatable bonds is 8. The SMILES string of the molecule is Cc1cc(C)c(B(c2cccc(-c3nc([C@@H]4C=CC=CC4)c(-c4ccccc4)n3C)c2)c2cccc(N3CN(c4ccccc4)C=N3)c2)c(C)c1. The molecule has 51 heavy (non-hydrogen) atoms. The number of aromatic nitrogens is 2. The number of para-hydroxylation sites is 1. The van der Waals surface area contributed by atoms with E-state index in [9.17, 15) is 0 Å². The van der Waals surface area contributed by atoms with Crippen molar-refractivity contribution in [3.05, 3.63) is 168 Å². The highest BCUT2D eigenvalue weighted by atomic mass is 15.6. The number of nitrogens with zero attached hydrogens (tertiary/aromatic N) is 5. The first-order valence-corrected chi connectivity index (χ1v) is 17.8. The Bertz CT molecular complexity index is 2260. The van der Waals surface area contributed by atoms with Crippen molar-refractivity contribution >= 4 is 40.8 Å². The van der Waals surface area contributed by atoms with E-state index in [-0.39, 0.29) is 12.6 Å². The fourth-order valence-corrected chi connectivity index (χ4v) is 7.91. The van der Waals surface area contributed by atoms with Gasteiger partial charge in [-0.25, -0.2) is 9.99 Å². The summed E-state index contributed by atoms with van der Waals surface area (Å²) in [5.74, 6) is 1.21. The van der Waals surface area contributed by atoms with Gasteiger partial charge in [-0.15, -0.1) is 0 Å². The third-order valence-corrected chi connectivity index (χ3v) is 10.2. The highest BCUT2D eigenvalue weighted by Gasteiger charge is 2.29. The summed E-state index contributed by atoms with van der Waals surface area (Å²) in [7, 11) is 2.16. The zero-order valence-electron chi connectivity index (χ0n) is 29.7. The molecule has 8 rings (SSSR count). The molecule has 0 saturated carbocycles. The first kappa shape index (κ1) is 32.3. The Labute approximate surface area is 302 Å². The summed E-state index contributed by atoms with van der Waals surface area (Å²) in [4.78, 5) is 7.59. The normalized spacial score (nSPS) is 15.2. The molecule has 1 atom stereocenters. The molecule has 6 heteroatoms. The van der Waals surface area contributed by atoms with Gasteiger partial charge in [-0.3, -0.25) is 0 Å². The maximum Gasteiger partial charge on any atom is 0.242 e. The van der Waals surface area contributed by atoms with E-state index >= 15 is 0 Å². The van der Waals surface area contributed by atoms with Gasteiger partial charge in [0.25, 0.3) is 0 Å². The van der Waals surface area contributed by atoms with Crippen LogP contribution in [0, 0.1) is 20.8 Å². The second kappa shape index (κ2) is 13.8. The number of hydrazone groups is 1. The van der Waals surface area contributed by atoms with E-state index < -0.39 is 0 Å². The molecule has 0 spiro atoms. The lowest BCUT2D eigenvalue weighted by molar-refractivity contribution is 0.824. The van der Waals surface area contributed by atoms with E-state index in [0.717, 1.165) is 34.9 Å². The summed E-state index contributed by atoms with van der Waals surface area (Å²) in [5, 5.41) is 6.89. The predicted octanol–water partition coefficient (Wildman–Crippen LogP) is 8.02. The van der Waals surface area contributed by atoms with Gasteiger partial charge in [0.15, 0.2) is 0 Å². The lowest BCUT2D eigenvalue weighted by atomic mass is 9.35. The van der Waals surface area contributed by atoms with Crippen LogP contribution in [0.4, 0.5) is 11.4 Å². The quantitative estimate of drug-likeness (QED) is 0.155. The van der Waals surface area contributed by atoms with Crippen LogP contribution in [0.25, 0.3) is 22.6 Å². The first-order chi connectivity index (χ1) is 24.9. The minimum absolute atomic E-state index is 0.0158. The Hall–Kier alpha value is -5.88. The van der Waals surface area contributed by atoms with Gasteiger partial charge in [-0.2, -0.15) is 5.10 Å². The van der Waals surface area contributed by atoms with E-state index in [0.29, 0.717) is 6.67 Å². The van der Waals surface area contributed by atoms with Gasteiger partial charge in [0.1, 0.15) is 18.8 Å². The van der Waals surface area contributed by atoms with Crippen molar-refractivity contribution < 1.29 is 0 Å². The molecule has 2 aliphatic rings. The molecule has 250 valence electrons. The molecule has 0 bridgehead atoms. The van der Waals surface area contributed by atoms with Gasteiger partial charge in [0, 0.05) is 29.8 Å². The molecule has 0 saturated heterocycles. The van der Waals surface area contributed by atoms with Gasteiger partial charge in [-0.05, 0) is 51.5 Å². The van der Waals surface area contributed by atoms with Gasteiger partial charge in [0.2, 0.25) is 6.71 Å². The van der Waals surface area contributed by atoms with Crippen LogP contribution in [0.3, 0.4) is 0 Å². The Morgan fingerprint density at radius 3 is 2.08 bits per heavy atom. The number of hydrogen-bond acceptors (Lipinski definition) is 4. The summed E-state index contributed by atoms with van der Waals surface area (Å²) in [6.07, 6.45) is 11.7. The highest BCUT2D eigenvalue weighted by Crippen LogP contribution is 2.36. The number of imidazole rings is 1. The standard InChI is InChI=1S/C45H42BN5/c1-32-26-33(2)42(34(3)27-32)46(39-22-15-25-41(29-39)51-31-50(30-47-51)40-23-12-7-13-24-40)38-21-14-20-37(28-38)45-48-43(35-16-8-5-9-17-35)44(49(45)4)36-18-10-6-11-19-36/h5-16,18-30,35H,17,31H2,1-4H3/t35-/m1/s1. The summed E-state index contributed by atoms with van der Waals surface area (Å²) >= 11 is 0. The summed E-state index contributed by atoms with van der Waals surface area (Å²) in [6.45, 7) is 7.36. The Morgan fingerprint density at radius 2 is 1.35 bits per heavy atom. The molecule has 2 heterocycles. The fraction of sp³-hybridized carbons (Fsp3) is 0.156. The zero-order chi connectivity index (χ0) is 34.9. The van der Waals surface area contributed by atoms with Crippen LogP contribution >= 0.6 is 0 Å². The zero-order valence-corrected chi connectivity index (χ0v) is 29.7. The molecule has 0 radical (unpaired) electrons. The topological polar surface area (TPSA) is 36.7 Å². The smallest absolute Gasteiger partial charge is 0.242 e. The van der Waals surface area contributed by atoms with E-state index in [2.05, 4.69) is 182 Å². The molecular weight excluding hydrogens is 621 g/mol. The van der Waals surface area contributed by atoms with Crippen molar-refractivity contribution in [1.82, 2.24) is 9.55 Å². The number of anilines is 2. The predicted molar refractivity (Wildman–Crippen MR) is 216 cm³/mol. The van der Waals surface area contributed by atoms with E-state index in [1.165, 1.54) is 44.3 Å². The van der Waals surface area contributed by atoms with Crippen LogP contribution in [0.15, 0.2) is 151 Å². The monoisotopic (exact) mass is 663 g/mol. The van der Waals surface area contributed by atoms with Gasteiger partial charge >= 0.3 is 0 Å². The molecule has 1 aliphatic carbocycles. The van der Waals surface area contributed by atoms with E-state index in [1.807, 2.05) is 12.4 Å². The van der Waals surface area contributed by atoms with Crippen LogP contribution in [0.1, 0.15) is 34.7 Å². The molecular formula is C45H42BN5. The average molecular weight is 664 g/mol. The number of allylic oxidation sites excluding steroid dienone is 4. The second-order valence-electron chi connectivity index (χ2n) is 13.8. The van der Waals surface area contributed by atoms with Crippen molar-refractivity contribution in [2.24, 2.45) is 12.1 Å². The third kappa shape index (κ3) is 6.34. The average Bonchev–Trinajstić information content (AvgIpc) is 3.80. The van der Waals surface area contributed by atoms with Gasteiger partial charge < -0.3 is 9.47 Å². The van der Waals surface area contributed by atoms with Crippen LogP contribution in [-0.2, 0) is 7.05 Å². The number of hydrogen-bond donors (Lipinski definition) is 0. The second-order valence-corrected chi connectivity index (χ2v) is 13.8. The Balaban J connectivity index is 1.23. The number of benzene rings is 5. The van der Waals surface area contributed by atoms with Crippen LogP contribution in [0.5, 0.6) is 0 Å². The van der Waals surface area contributed by atoms with Crippen molar-refractivity contribution in [2.45, 2.75) is 33.1 Å². The fourth-order valence-electron chi connectivity index (χ4n) is 7.91. The van der Waals surface area contributed by atoms with Gasteiger partial charge in [0.05, 0.1) is 17.1 Å². The van der Waals surface area contributed by atoms with Crippen LogP contribution in [-0.4, -0.2) is 29.3 Å². The molecule has 6 aromatic rings. The molecule has 1 aliphatic heterocycles. The highest BCUT2D eigenvalue weighted by molar-refractivity contribution is 6.96. The lowest BCUT2D eigenvalue weighted by Crippen LogP contribution is -2.54. The molecule has 0 fully saturated rings.